The second kappa shape index (κ2) is 10.8. The molecule has 0 radical (unpaired) electrons. The van der Waals surface area contributed by atoms with Crippen molar-refractivity contribution in [3.05, 3.63) is 74.9 Å². The molecule has 0 saturated heterocycles. The molecule has 0 unspecified atom stereocenters. The quantitative estimate of drug-likeness (QED) is 0.147. The van der Waals surface area contributed by atoms with Gasteiger partial charge in [0.25, 0.3) is 11.5 Å². The SMILES string of the molecule is CCOc1ccc(-n2c(SCC(=O)N/N=C(\C)c3ccccc3O)nc3sc4c(c3c2=O)CCC4)cc1. The number of hydrogen-bond acceptors (Lipinski definition) is 8. The number of hydrogen-bond donors (Lipinski definition) is 2. The second-order valence-corrected chi connectivity index (χ2v) is 10.6. The van der Waals surface area contributed by atoms with Crippen molar-refractivity contribution >= 4 is 44.9 Å². The predicted octanol–water partition coefficient (Wildman–Crippen LogP) is 4.67. The average molecular weight is 535 g/mol. The molecule has 2 heterocycles. The van der Waals surface area contributed by atoms with Crippen molar-refractivity contribution in [2.24, 2.45) is 5.10 Å². The number of thioether (sulfide) groups is 1. The topological polar surface area (TPSA) is 106 Å². The number of hydrazone groups is 1. The van der Waals surface area contributed by atoms with Crippen molar-refractivity contribution in [3.63, 3.8) is 0 Å². The molecule has 4 aromatic rings. The summed E-state index contributed by atoms with van der Waals surface area (Å²) in [5.41, 5.74) is 5.21. The summed E-state index contributed by atoms with van der Waals surface area (Å²) in [6.07, 6.45) is 2.91. The summed E-state index contributed by atoms with van der Waals surface area (Å²) in [5, 5.41) is 15.2. The maximum Gasteiger partial charge on any atom is 0.267 e. The highest BCUT2D eigenvalue weighted by Crippen LogP contribution is 2.36. The van der Waals surface area contributed by atoms with Gasteiger partial charge in [0.1, 0.15) is 16.3 Å². The standard InChI is InChI=1S/C27H26N4O4S2/c1-3-35-18-13-11-17(12-14-18)31-26(34)24-20-8-6-10-22(20)37-25(24)28-27(31)36-15-23(33)30-29-16(2)19-7-4-5-9-21(19)32/h4-5,7,9,11-14,32H,3,6,8,10,15H2,1-2H3,(H,30,33)/b29-16+. The van der Waals surface area contributed by atoms with Gasteiger partial charge in [0.05, 0.1) is 29.1 Å². The Labute approximate surface area is 222 Å². The van der Waals surface area contributed by atoms with Gasteiger partial charge in [-0.2, -0.15) is 5.10 Å². The smallest absolute Gasteiger partial charge is 0.267 e. The number of aryl methyl sites for hydroxylation is 2. The molecule has 2 aromatic carbocycles. The molecule has 37 heavy (non-hydrogen) atoms. The number of ether oxygens (including phenoxy) is 1. The van der Waals surface area contributed by atoms with Crippen LogP contribution < -0.4 is 15.7 Å². The Balaban J connectivity index is 1.43. The third kappa shape index (κ3) is 5.12. The van der Waals surface area contributed by atoms with Crippen LogP contribution in [0.25, 0.3) is 15.9 Å². The molecule has 0 bridgehead atoms. The van der Waals surface area contributed by atoms with Crippen LogP contribution in [0, 0.1) is 0 Å². The zero-order valence-corrected chi connectivity index (χ0v) is 22.1. The number of para-hydroxylation sites is 1. The molecule has 1 aliphatic rings. The number of carbonyl (C=O) groups is 1. The van der Waals surface area contributed by atoms with Gasteiger partial charge in [0.2, 0.25) is 0 Å². The van der Waals surface area contributed by atoms with E-state index in [1.165, 1.54) is 16.6 Å². The van der Waals surface area contributed by atoms with Crippen LogP contribution in [-0.2, 0) is 17.6 Å². The molecule has 0 saturated carbocycles. The Morgan fingerprint density at radius 3 is 2.76 bits per heavy atom. The van der Waals surface area contributed by atoms with Crippen LogP contribution in [-0.4, -0.2) is 38.6 Å². The summed E-state index contributed by atoms with van der Waals surface area (Å²) in [7, 11) is 0. The molecule has 1 amide bonds. The van der Waals surface area contributed by atoms with Gasteiger partial charge in [-0.25, -0.2) is 10.4 Å². The van der Waals surface area contributed by atoms with E-state index in [0.29, 0.717) is 38.9 Å². The summed E-state index contributed by atoms with van der Waals surface area (Å²) in [6.45, 7) is 4.18. The van der Waals surface area contributed by atoms with Crippen molar-refractivity contribution in [1.29, 1.82) is 0 Å². The third-order valence-corrected chi connectivity index (χ3v) is 8.21. The molecule has 2 N–H and O–H groups in total. The fourth-order valence-electron chi connectivity index (χ4n) is 4.36. The number of phenolic OH excluding ortho intramolecular Hbond substituents is 1. The number of phenols is 1. The second-order valence-electron chi connectivity index (χ2n) is 8.54. The fourth-order valence-corrected chi connectivity index (χ4v) is 6.46. The summed E-state index contributed by atoms with van der Waals surface area (Å²) < 4.78 is 7.13. The largest absolute Gasteiger partial charge is 0.507 e. The summed E-state index contributed by atoms with van der Waals surface area (Å²) >= 11 is 2.75. The number of aromatic hydroxyl groups is 1. The van der Waals surface area contributed by atoms with Gasteiger partial charge in [-0.15, -0.1) is 11.3 Å². The van der Waals surface area contributed by atoms with Crippen molar-refractivity contribution in [3.8, 4) is 17.2 Å². The summed E-state index contributed by atoms with van der Waals surface area (Å²) in [4.78, 5) is 33.2. The number of amides is 1. The Morgan fingerprint density at radius 2 is 2.00 bits per heavy atom. The number of nitrogens with one attached hydrogen (secondary N) is 1. The van der Waals surface area contributed by atoms with Gasteiger partial charge < -0.3 is 9.84 Å². The maximum atomic E-state index is 13.8. The molecule has 8 nitrogen and oxygen atoms in total. The summed E-state index contributed by atoms with van der Waals surface area (Å²) in [6, 6.07) is 14.1. The van der Waals surface area contributed by atoms with E-state index in [2.05, 4.69) is 10.5 Å². The third-order valence-electron chi connectivity index (χ3n) is 6.09. The lowest BCUT2D eigenvalue weighted by Crippen LogP contribution is -2.24. The highest BCUT2D eigenvalue weighted by Gasteiger charge is 2.24. The summed E-state index contributed by atoms with van der Waals surface area (Å²) in [5.74, 6) is 0.474. The number of thiophene rings is 1. The zero-order valence-electron chi connectivity index (χ0n) is 20.5. The number of aromatic nitrogens is 2. The van der Waals surface area contributed by atoms with E-state index in [1.54, 1.807) is 47.1 Å². The van der Waals surface area contributed by atoms with Gasteiger partial charge in [-0.1, -0.05) is 23.9 Å². The van der Waals surface area contributed by atoms with Crippen LogP contribution in [0.15, 0.2) is 63.6 Å². The Morgan fingerprint density at radius 1 is 1.22 bits per heavy atom. The monoisotopic (exact) mass is 534 g/mol. The van der Waals surface area contributed by atoms with E-state index in [9.17, 15) is 14.7 Å². The number of nitrogens with zero attached hydrogens (tertiary/aromatic N) is 3. The first-order chi connectivity index (χ1) is 18.0. The maximum absolute atomic E-state index is 13.8. The molecular weight excluding hydrogens is 508 g/mol. The molecule has 2 aromatic heterocycles. The minimum atomic E-state index is -0.346. The Hall–Kier alpha value is -3.63. The number of fused-ring (bicyclic) bond motifs is 3. The fraction of sp³-hybridized carbons (Fsp3) is 0.259. The van der Waals surface area contributed by atoms with Crippen LogP contribution >= 0.6 is 23.1 Å². The number of rotatable bonds is 8. The van der Waals surface area contributed by atoms with E-state index in [1.807, 2.05) is 31.2 Å². The zero-order chi connectivity index (χ0) is 25.9. The van der Waals surface area contributed by atoms with Crippen LogP contribution in [0.2, 0.25) is 0 Å². The highest BCUT2D eigenvalue weighted by atomic mass is 32.2. The number of benzene rings is 2. The Bertz CT molecular complexity index is 1560. The number of carbonyl (C=O) groups excluding carboxylic acids is 1. The molecule has 0 atom stereocenters. The normalized spacial score (nSPS) is 13.1. The minimum Gasteiger partial charge on any atom is -0.507 e. The lowest BCUT2D eigenvalue weighted by Gasteiger charge is -2.13. The Kier molecular flexibility index (Phi) is 7.29. The van der Waals surface area contributed by atoms with Crippen molar-refractivity contribution in [2.45, 2.75) is 38.3 Å². The molecule has 0 aliphatic heterocycles. The molecule has 0 spiro atoms. The van der Waals surface area contributed by atoms with Gasteiger partial charge in [-0.05, 0) is 75.1 Å². The molecule has 10 heteroatoms. The highest BCUT2D eigenvalue weighted by molar-refractivity contribution is 7.99. The van der Waals surface area contributed by atoms with E-state index < -0.39 is 0 Å². The van der Waals surface area contributed by atoms with Crippen molar-refractivity contribution in [1.82, 2.24) is 15.0 Å². The lowest BCUT2D eigenvalue weighted by atomic mass is 10.1. The van der Waals surface area contributed by atoms with Gasteiger partial charge in [-0.3, -0.25) is 14.2 Å². The minimum absolute atomic E-state index is 0.0115. The van der Waals surface area contributed by atoms with Crippen LogP contribution in [0.4, 0.5) is 0 Å². The first-order valence-corrected chi connectivity index (χ1v) is 13.8. The van der Waals surface area contributed by atoms with Crippen LogP contribution in [0.5, 0.6) is 11.5 Å². The van der Waals surface area contributed by atoms with Crippen molar-refractivity contribution in [2.75, 3.05) is 12.4 Å². The van der Waals surface area contributed by atoms with E-state index in [0.717, 1.165) is 30.6 Å². The van der Waals surface area contributed by atoms with Gasteiger partial charge in [0, 0.05) is 10.4 Å². The van der Waals surface area contributed by atoms with Crippen LogP contribution in [0.3, 0.4) is 0 Å². The van der Waals surface area contributed by atoms with Crippen LogP contribution in [0.1, 0.15) is 36.3 Å². The van der Waals surface area contributed by atoms with Crippen molar-refractivity contribution < 1.29 is 14.6 Å². The van der Waals surface area contributed by atoms with Gasteiger partial charge in [0.15, 0.2) is 5.16 Å². The molecular formula is C27H26N4O4S2. The van der Waals surface area contributed by atoms with E-state index >= 15 is 0 Å². The van der Waals surface area contributed by atoms with E-state index in [-0.39, 0.29) is 23.0 Å². The average Bonchev–Trinajstić information content (AvgIpc) is 3.48. The molecule has 5 rings (SSSR count). The molecule has 190 valence electrons. The predicted molar refractivity (Wildman–Crippen MR) is 148 cm³/mol. The molecule has 1 aliphatic carbocycles. The first-order valence-electron chi connectivity index (χ1n) is 12.0. The lowest BCUT2D eigenvalue weighted by molar-refractivity contribution is -0.118. The van der Waals surface area contributed by atoms with Gasteiger partial charge >= 0.3 is 0 Å². The van der Waals surface area contributed by atoms with E-state index in [4.69, 9.17) is 9.72 Å². The first kappa shape index (κ1) is 25.0. The molecule has 0 fully saturated rings.